The molecule has 0 spiro atoms. The maximum absolute atomic E-state index is 12.7. The summed E-state index contributed by atoms with van der Waals surface area (Å²) in [6.45, 7) is 1.27. The molecule has 24 heavy (non-hydrogen) atoms. The van der Waals surface area contributed by atoms with Crippen molar-refractivity contribution in [3.8, 4) is 5.75 Å². The summed E-state index contributed by atoms with van der Waals surface area (Å²) in [6.07, 6.45) is 3.97. The third kappa shape index (κ3) is 2.97. The molecule has 0 saturated carbocycles. The summed E-state index contributed by atoms with van der Waals surface area (Å²) in [5, 5.41) is 1.60. The van der Waals surface area contributed by atoms with Crippen LogP contribution < -0.4 is 4.74 Å². The summed E-state index contributed by atoms with van der Waals surface area (Å²) in [5.41, 5.74) is 0. The van der Waals surface area contributed by atoms with Crippen LogP contribution in [0.15, 0.2) is 48.8 Å². The number of hydrogen-bond acceptors (Lipinski definition) is 4. The maximum atomic E-state index is 12.7. The monoisotopic (exact) mass is 358 g/mol. The Morgan fingerprint density at radius 1 is 1.33 bits per heavy atom. The molecule has 4 nitrogen and oxygen atoms in total. The molecule has 1 saturated heterocycles. The Labute approximate surface area is 148 Å². The SMILES string of the molecule is O=C(c1cc2ccccc2s1)N1CC[C@@H](Oc2ccncc2Cl)C1. The van der Waals surface area contributed by atoms with Crippen molar-refractivity contribution in [1.29, 1.82) is 0 Å². The minimum atomic E-state index is -0.0387. The van der Waals surface area contributed by atoms with Crippen molar-refractivity contribution in [2.75, 3.05) is 13.1 Å². The van der Waals surface area contributed by atoms with E-state index in [1.54, 1.807) is 18.5 Å². The molecule has 0 bridgehead atoms. The number of amides is 1. The number of benzene rings is 1. The highest BCUT2D eigenvalue weighted by Gasteiger charge is 2.29. The Morgan fingerprint density at radius 3 is 3.04 bits per heavy atom. The van der Waals surface area contributed by atoms with E-state index in [2.05, 4.69) is 4.98 Å². The summed E-state index contributed by atoms with van der Waals surface area (Å²) in [5.74, 6) is 0.691. The molecule has 1 atom stereocenters. The molecule has 1 aliphatic rings. The smallest absolute Gasteiger partial charge is 0.264 e. The zero-order chi connectivity index (χ0) is 16.5. The van der Waals surface area contributed by atoms with Crippen LogP contribution in [0.25, 0.3) is 10.1 Å². The van der Waals surface area contributed by atoms with Gasteiger partial charge in [-0.2, -0.15) is 0 Å². The molecule has 4 rings (SSSR count). The number of aromatic nitrogens is 1. The molecule has 0 unspecified atom stereocenters. The number of carbonyl (C=O) groups is 1. The topological polar surface area (TPSA) is 42.4 Å². The molecule has 1 aromatic carbocycles. The lowest BCUT2D eigenvalue weighted by Crippen LogP contribution is -2.30. The molecule has 1 aliphatic heterocycles. The summed E-state index contributed by atoms with van der Waals surface area (Å²) >= 11 is 7.61. The Morgan fingerprint density at radius 2 is 2.21 bits per heavy atom. The van der Waals surface area contributed by atoms with Gasteiger partial charge in [-0.3, -0.25) is 9.78 Å². The summed E-state index contributed by atoms with van der Waals surface area (Å²) < 4.78 is 7.05. The molecule has 0 aliphatic carbocycles. The van der Waals surface area contributed by atoms with Gasteiger partial charge in [-0.15, -0.1) is 11.3 Å². The third-order valence-electron chi connectivity index (χ3n) is 4.10. The fraction of sp³-hybridized carbons (Fsp3) is 0.222. The zero-order valence-electron chi connectivity index (χ0n) is 12.8. The van der Waals surface area contributed by atoms with Crippen LogP contribution in [0, 0.1) is 0 Å². The number of pyridine rings is 1. The fourth-order valence-corrected chi connectivity index (χ4v) is 4.08. The Kier molecular flexibility index (Phi) is 4.12. The lowest BCUT2D eigenvalue weighted by Gasteiger charge is -2.17. The van der Waals surface area contributed by atoms with Crippen molar-refractivity contribution >= 4 is 38.9 Å². The second-order valence-corrected chi connectivity index (χ2v) is 7.23. The normalized spacial score (nSPS) is 17.4. The van der Waals surface area contributed by atoms with Gasteiger partial charge in [0.2, 0.25) is 0 Å². The van der Waals surface area contributed by atoms with Gasteiger partial charge in [0.05, 0.1) is 11.4 Å². The molecule has 3 aromatic rings. The van der Waals surface area contributed by atoms with Crippen LogP contribution in [0.5, 0.6) is 5.75 Å². The van der Waals surface area contributed by atoms with Crippen LogP contribution in [0.4, 0.5) is 0 Å². The zero-order valence-corrected chi connectivity index (χ0v) is 14.4. The number of fused-ring (bicyclic) bond motifs is 1. The quantitative estimate of drug-likeness (QED) is 0.703. The van der Waals surface area contributed by atoms with Gasteiger partial charge in [0.1, 0.15) is 16.9 Å². The molecule has 2 aromatic heterocycles. The number of ether oxygens (including phenoxy) is 1. The Balaban J connectivity index is 1.46. The summed E-state index contributed by atoms with van der Waals surface area (Å²) in [6, 6.07) is 11.8. The Bertz CT molecular complexity index is 862. The van der Waals surface area contributed by atoms with Gasteiger partial charge in [0.15, 0.2) is 0 Å². The van der Waals surface area contributed by atoms with Gasteiger partial charge in [-0.25, -0.2) is 0 Å². The van der Waals surface area contributed by atoms with Crippen LogP contribution in [0.2, 0.25) is 5.02 Å². The summed E-state index contributed by atoms with van der Waals surface area (Å²) in [4.78, 5) is 19.3. The average Bonchev–Trinajstić information content (AvgIpc) is 3.23. The van der Waals surface area contributed by atoms with E-state index in [-0.39, 0.29) is 12.0 Å². The summed E-state index contributed by atoms with van der Waals surface area (Å²) in [7, 11) is 0. The Hall–Kier alpha value is -2.11. The number of rotatable bonds is 3. The van der Waals surface area contributed by atoms with Crippen molar-refractivity contribution < 1.29 is 9.53 Å². The molecule has 1 fully saturated rings. The van der Waals surface area contributed by atoms with E-state index in [9.17, 15) is 4.79 Å². The predicted octanol–water partition coefficient (Wildman–Crippen LogP) is 4.24. The van der Waals surface area contributed by atoms with Crippen molar-refractivity contribution in [1.82, 2.24) is 9.88 Å². The van der Waals surface area contributed by atoms with Gasteiger partial charge >= 0.3 is 0 Å². The molecule has 122 valence electrons. The first-order valence-electron chi connectivity index (χ1n) is 7.75. The number of hydrogen-bond donors (Lipinski definition) is 0. The molecular formula is C18H15ClN2O2S. The first-order chi connectivity index (χ1) is 11.7. The number of carbonyl (C=O) groups excluding carboxylic acids is 1. The second kappa shape index (κ2) is 6.42. The van der Waals surface area contributed by atoms with Crippen LogP contribution in [-0.4, -0.2) is 35.0 Å². The highest BCUT2D eigenvalue weighted by Crippen LogP contribution is 2.29. The molecule has 3 heterocycles. The van der Waals surface area contributed by atoms with Crippen molar-refractivity contribution in [3.63, 3.8) is 0 Å². The highest BCUT2D eigenvalue weighted by atomic mass is 35.5. The number of nitrogens with zero attached hydrogens (tertiary/aromatic N) is 2. The highest BCUT2D eigenvalue weighted by molar-refractivity contribution is 7.20. The molecule has 6 heteroatoms. The van der Waals surface area contributed by atoms with Gasteiger partial charge in [0.25, 0.3) is 5.91 Å². The molecule has 0 radical (unpaired) electrons. The fourth-order valence-electron chi connectivity index (χ4n) is 2.89. The average molecular weight is 359 g/mol. The molecule has 0 N–H and O–H groups in total. The third-order valence-corrected chi connectivity index (χ3v) is 5.49. The van der Waals surface area contributed by atoms with E-state index in [1.165, 1.54) is 11.3 Å². The molecule has 1 amide bonds. The number of thiophene rings is 1. The van der Waals surface area contributed by atoms with Crippen LogP contribution in [-0.2, 0) is 0 Å². The lowest BCUT2D eigenvalue weighted by molar-refractivity contribution is 0.0777. The maximum Gasteiger partial charge on any atom is 0.264 e. The van der Waals surface area contributed by atoms with Gasteiger partial charge in [0, 0.05) is 36.1 Å². The lowest BCUT2D eigenvalue weighted by atomic mass is 10.2. The van der Waals surface area contributed by atoms with Gasteiger partial charge in [-0.05, 0) is 17.5 Å². The van der Waals surface area contributed by atoms with E-state index in [0.717, 1.165) is 21.4 Å². The minimum absolute atomic E-state index is 0.0387. The van der Waals surface area contributed by atoms with Crippen molar-refractivity contribution in [2.24, 2.45) is 0 Å². The first-order valence-corrected chi connectivity index (χ1v) is 8.94. The van der Waals surface area contributed by atoms with Gasteiger partial charge in [-0.1, -0.05) is 29.8 Å². The van der Waals surface area contributed by atoms with E-state index in [4.69, 9.17) is 16.3 Å². The van der Waals surface area contributed by atoms with Crippen LogP contribution >= 0.6 is 22.9 Å². The van der Waals surface area contributed by atoms with Crippen molar-refractivity contribution in [3.05, 3.63) is 58.7 Å². The van der Waals surface area contributed by atoms with Crippen LogP contribution in [0.3, 0.4) is 0 Å². The van der Waals surface area contributed by atoms with Crippen molar-refractivity contribution in [2.45, 2.75) is 12.5 Å². The number of likely N-dealkylation sites (tertiary alicyclic amines) is 1. The van der Waals surface area contributed by atoms with E-state index < -0.39 is 0 Å². The first kappa shape index (κ1) is 15.4. The standard InChI is InChI=1S/C18H15ClN2O2S/c19-14-10-20-7-5-15(14)23-13-6-8-21(11-13)18(22)17-9-12-3-1-2-4-16(12)24-17/h1-5,7,9-10,13H,6,8,11H2/t13-/m1/s1. The minimum Gasteiger partial charge on any atom is -0.487 e. The van der Waals surface area contributed by atoms with E-state index in [0.29, 0.717) is 23.9 Å². The van der Waals surface area contributed by atoms with E-state index >= 15 is 0 Å². The van der Waals surface area contributed by atoms with Gasteiger partial charge < -0.3 is 9.64 Å². The van der Waals surface area contributed by atoms with E-state index in [1.807, 2.05) is 35.2 Å². The number of halogens is 1. The second-order valence-electron chi connectivity index (χ2n) is 5.73. The predicted molar refractivity (Wildman–Crippen MR) is 96.0 cm³/mol. The van der Waals surface area contributed by atoms with Crippen LogP contribution in [0.1, 0.15) is 16.1 Å². The largest absolute Gasteiger partial charge is 0.487 e. The molecular weight excluding hydrogens is 344 g/mol.